The number of nitrogens with zero attached hydrogens (tertiary/aromatic N) is 3. The van der Waals surface area contributed by atoms with Crippen LogP contribution in [-0.2, 0) is 6.54 Å². The summed E-state index contributed by atoms with van der Waals surface area (Å²) in [5, 5.41) is 3.48. The summed E-state index contributed by atoms with van der Waals surface area (Å²) >= 11 is 0. The summed E-state index contributed by atoms with van der Waals surface area (Å²) in [6.45, 7) is 6.45. The smallest absolute Gasteiger partial charge is 0.216 e. The maximum atomic E-state index is 5.10. The fourth-order valence-electron chi connectivity index (χ4n) is 2.39. The van der Waals surface area contributed by atoms with Crippen molar-refractivity contribution in [1.29, 1.82) is 0 Å². The van der Waals surface area contributed by atoms with Crippen molar-refractivity contribution in [3.8, 4) is 5.88 Å². The van der Waals surface area contributed by atoms with Gasteiger partial charge in [0.1, 0.15) is 5.82 Å². The lowest BCUT2D eigenvalue weighted by atomic mass is 9.80. The molecule has 5 nitrogen and oxygen atoms in total. The summed E-state index contributed by atoms with van der Waals surface area (Å²) in [5.41, 5.74) is 0.394. The van der Waals surface area contributed by atoms with Gasteiger partial charge >= 0.3 is 0 Å². The Hall–Kier alpha value is -1.20. The van der Waals surface area contributed by atoms with Gasteiger partial charge in [-0.25, -0.2) is 4.98 Å². The fraction of sp³-hybridized carbons (Fsp3) is 0.714. The molecule has 5 heteroatoms. The van der Waals surface area contributed by atoms with E-state index in [1.54, 1.807) is 19.4 Å². The zero-order valence-corrected chi connectivity index (χ0v) is 12.1. The molecule has 0 radical (unpaired) electrons. The van der Waals surface area contributed by atoms with Crippen molar-refractivity contribution in [3.63, 3.8) is 0 Å². The highest BCUT2D eigenvalue weighted by Gasteiger charge is 2.28. The molecule has 1 saturated heterocycles. The maximum Gasteiger partial charge on any atom is 0.216 e. The van der Waals surface area contributed by atoms with E-state index in [9.17, 15) is 0 Å². The van der Waals surface area contributed by atoms with Gasteiger partial charge in [0.2, 0.25) is 5.88 Å². The van der Waals surface area contributed by atoms with Crippen molar-refractivity contribution < 1.29 is 4.74 Å². The monoisotopic (exact) mass is 264 g/mol. The van der Waals surface area contributed by atoms with Crippen molar-refractivity contribution in [3.05, 3.63) is 18.1 Å². The lowest BCUT2D eigenvalue weighted by molar-refractivity contribution is 0.136. The van der Waals surface area contributed by atoms with E-state index in [0.717, 1.165) is 12.4 Å². The lowest BCUT2D eigenvalue weighted by Gasteiger charge is -2.38. The highest BCUT2D eigenvalue weighted by Crippen LogP contribution is 2.29. The molecule has 1 aliphatic heterocycles. The van der Waals surface area contributed by atoms with Crippen LogP contribution in [0.1, 0.15) is 25.6 Å². The molecule has 2 heterocycles. The molecule has 106 valence electrons. The van der Waals surface area contributed by atoms with Crippen LogP contribution in [0.5, 0.6) is 5.88 Å². The van der Waals surface area contributed by atoms with E-state index in [2.05, 4.69) is 34.2 Å². The summed E-state index contributed by atoms with van der Waals surface area (Å²) in [4.78, 5) is 10.9. The summed E-state index contributed by atoms with van der Waals surface area (Å²) in [6, 6.07) is 1.77. The molecule has 0 unspecified atom stereocenters. The molecule has 1 fully saturated rings. The number of likely N-dealkylation sites (tertiary alicyclic amines) is 1. The van der Waals surface area contributed by atoms with Crippen LogP contribution in [0, 0.1) is 5.41 Å². The molecule has 1 aliphatic rings. The highest BCUT2D eigenvalue weighted by atomic mass is 16.5. The molecule has 0 aliphatic carbocycles. The van der Waals surface area contributed by atoms with Gasteiger partial charge in [0.15, 0.2) is 0 Å². The Morgan fingerprint density at radius 2 is 2.16 bits per heavy atom. The number of hydrogen-bond acceptors (Lipinski definition) is 5. The summed E-state index contributed by atoms with van der Waals surface area (Å²) in [6.07, 6.45) is 4.23. The first-order valence-electron chi connectivity index (χ1n) is 6.86. The summed E-state index contributed by atoms with van der Waals surface area (Å²) in [7, 11) is 3.82. The van der Waals surface area contributed by atoms with Gasteiger partial charge in [-0.3, -0.25) is 0 Å². The number of methoxy groups -OCH3 is 1. The Balaban J connectivity index is 1.79. The molecule has 0 aromatic carbocycles. The largest absolute Gasteiger partial charge is 0.481 e. The van der Waals surface area contributed by atoms with Crippen LogP contribution in [-0.4, -0.2) is 48.7 Å². The van der Waals surface area contributed by atoms with E-state index in [4.69, 9.17) is 4.74 Å². The van der Waals surface area contributed by atoms with Crippen LogP contribution in [0.4, 0.5) is 0 Å². The van der Waals surface area contributed by atoms with Crippen LogP contribution >= 0.6 is 0 Å². The van der Waals surface area contributed by atoms with E-state index in [-0.39, 0.29) is 0 Å². The molecule has 1 N–H and O–H groups in total. The number of aromatic nitrogens is 2. The van der Waals surface area contributed by atoms with E-state index in [1.807, 2.05) is 0 Å². The third-order valence-corrected chi connectivity index (χ3v) is 3.92. The molecule has 0 amide bonds. The molecule has 0 atom stereocenters. The quantitative estimate of drug-likeness (QED) is 0.869. The number of rotatable bonds is 5. The van der Waals surface area contributed by atoms with Crippen LogP contribution in [0.25, 0.3) is 0 Å². The van der Waals surface area contributed by atoms with Crippen molar-refractivity contribution in [2.24, 2.45) is 5.41 Å². The Morgan fingerprint density at radius 3 is 2.84 bits per heavy atom. The molecule has 1 aromatic heterocycles. The number of ether oxygens (including phenoxy) is 1. The fourth-order valence-corrected chi connectivity index (χ4v) is 2.39. The predicted molar refractivity (Wildman–Crippen MR) is 75.1 cm³/mol. The molecule has 0 spiro atoms. The van der Waals surface area contributed by atoms with Gasteiger partial charge in [0.05, 0.1) is 13.7 Å². The molecule has 1 aromatic rings. The summed E-state index contributed by atoms with van der Waals surface area (Å²) in [5.74, 6) is 1.41. The Bertz CT molecular complexity index is 402. The van der Waals surface area contributed by atoms with Crippen molar-refractivity contribution in [2.75, 3.05) is 33.8 Å². The van der Waals surface area contributed by atoms with E-state index >= 15 is 0 Å². The minimum atomic E-state index is 0.394. The number of piperidine rings is 1. The number of hydrogen-bond donors (Lipinski definition) is 1. The first-order valence-corrected chi connectivity index (χ1v) is 6.86. The molecular formula is C14H24N4O. The Labute approximate surface area is 115 Å². The first-order chi connectivity index (χ1) is 9.11. The Kier molecular flexibility index (Phi) is 4.71. The second-order valence-electron chi connectivity index (χ2n) is 5.73. The van der Waals surface area contributed by atoms with Crippen molar-refractivity contribution >= 4 is 0 Å². The van der Waals surface area contributed by atoms with Gasteiger partial charge in [-0.2, -0.15) is 4.98 Å². The average molecular weight is 264 g/mol. The maximum absolute atomic E-state index is 5.10. The molecular weight excluding hydrogens is 240 g/mol. The van der Waals surface area contributed by atoms with Gasteiger partial charge in [0, 0.05) is 18.8 Å². The van der Waals surface area contributed by atoms with Crippen molar-refractivity contribution in [1.82, 2.24) is 20.2 Å². The van der Waals surface area contributed by atoms with Gasteiger partial charge in [-0.1, -0.05) is 6.92 Å². The molecule has 0 bridgehead atoms. The first kappa shape index (κ1) is 14.2. The zero-order chi connectivity index (χ0) is 13.7. The topological polar surface area (TPSA) is 50.3 Å². The standard InChI is InChI=1S/C14H24N4O/c1-14(5-8-18(2)9-6-14)11-15-10-12-16-7-4-13(17-12)19-3/h4,7,15H,5-6,8-11H2,1-3H3. The molecule has 19 heavy (non-hydrogen) atoms. The van der Waals surface area contributed by atoms with Gasteiger partial charge < -0.3 is 15.0 Å². The normalized spacial score (nSPS) is 19.3. The average Bonchev–Trinajstić information content (AvgIpc) is 2.43. The van der Waals surface area contributed by atoms with Crippen LogP contribution in [0.2, 0.25) is 0 Å². The third kappa shape index (κ3) is 4.14. The third-order valence-electron chi connectivity index (χ3n) is 3.92. The minimum absolute atomic E-state index is 0.394. The second kappa shape index (κ2) is 6.30. The molecule has 2 rings (SSSR count). The molecule has 0 saturated carbocycles. The van der Waals surface area contributed by atoms with E-state index < -0.39 is 0 Å². The SMILES string of the molecule is COc1ccnc(CNCC2(C)CCN(C)CC2)n1. The van der Waals surface area contributed by atoms with Crippen molar-refractivity contribution in [2.45, 2.75) is 26.3 Å². The van der Waals surface area contributed by atoms with E-state index in [0.29, 0.717) is 17.8 Å². The number of nitrogens with one attached hydrogen (secondary N) is 1. The predicted octanol–water partition coefficient (Wildman–Crippen LogP) is 1.31. The Morgan fingerprint density at radius 1 is 1.42 bits per heavy atom. The van der Waals surface area contributed by atoms with E-state index in [1.165, 1.54) is 25.9 Å². The van der Waals surface area contributed by atoms with Crippen LogP contribution < -0.4 is 10.1 Å². The van der Waals surface area contributed by atoms with Gasteiger partial charge in [-0.15, -0.1) is 0 Å². The minimum Gasteiger partial charge on any atom is -0.481 e. The van der Waals surface area contributed by atoms with Crippen LogP contribution in [0.3, 0.4) is 0 Å². The lowest BCUT2D eigenvalue weighted by Crippen LogP contribution is -2.42. The summed E-state index contributed by atoms with van der Waals surface area (Å²) < 4.78 is 5.10. The zero-order valence-electron chi connectivity index (χ0n) is 12.1. The second-order valence-corrected chi connectivity index (χ2v) is 5.73. The van der Waals surface area contributed by atoms with Gasteiger partial charge in [0.25, 0.3) is 0 Å². The van der Waals surface area contributed by atoms with Crippen LogP contribution in [0.15, 0.2) is 12.3 Å². The van der Waals surface area contributed by atoms with Gasteiger partial charge in [-0.05, 0) is 38.4 Å². The highest BCUT2D eigenvalue weighted by molar-refractivity contribution is 5.08.